The van der Waals surface area contributed by atoms with Crippen molar-refractivity contribution >= 4 is 46.6 Å². The highest BCUT2D eigenvalue weighted by molar-refractivity contribution is 7.98. The predicted octanol–water partition coefficient (Wildman–Crippen LogP) is 3.97. The topological polar surface area (TPSA) is 69.1 Å². The Bertz CT molecular complexity index is 641. The lowest BCUT2D eigenvalue weighted by atomic mass is 10.1. The molecule has 104 valence electrons. The fraction of sp³-hybridized carbons (Fsp3) is 0.0714. The Morgan fingerprint density at radius 1 is 1.15 bits per heavy atom. The predicted molar refractivity (Wildman–Crippen MR) is 85.4 cm³/mol. The molecule has 0 heterocycles. The molecule has 0 saturated carbocycles. The highest BCUT2D eigenvalue weighted by Gasteiger charge is 2.09. The highest BCUT2D eigenvalue weighted by atomic mass is 35.5. The largest absolute Gasteiger partial charge is 0.398 e. The number of rotatable bonds is 4. The number of anilines is 1. The molecule has 0 aliphatic carbocycles. The van der Waals surface area contributed by atoms with Crippen molar-refractivity contribution in [2.24, 2.45) is 5.73 Å². The van der Waals surface area contributed by atoms with E-state index >= 15 is 0 Å². The first-order valence-electron chi connectivity index (χ1n) is 5.74. The van der Waals surface area contributed by atoms with Gasteiger partial charge < -0.3 is 11.5 Å². The average molecular weight is 327 g/mol. The van der Waals surface area contributed by atoms with E-state index in [2.05, 4.69) is 0 Å². The van der Waals surface area contributed by atoms with Crippen LogP contribution in [0.25, 0.3) is 0 Å². The van der Waals surface area contributed by atoms with E-state index in [1.807, 2.05) is 0 Å². The van der Waals surface area contributed by atoms with E-state index in [1.165, 1.54) is 11.8 Å². The monoisotopic (exact) mass is 326 g/mol. The molecule has 0 atom stereocenters. The van der Waals surface area contributed by atoms with Crippen LogP contribution in [0.4, 0.5) is 5.69 Å². The van der Waals surface area contributed by atoms with Crippen LogP contribution < -0.4 is 11.5 Å². The fourth-order valence-electron chi connectivity index (χ4n) is 1.65. The average Bonchev–Trinajstić information content (AvgIpc) is 2.39. The molecule has 0 aliphatic heterocycles. The van der Waals surface area contributed by atoms with Crippen LogP contribution in [0.3, 0.4) is 0 Å². The second-order valence-corrected chi connectivity index (χ2v) is 5.92. The second-order valence-electron chi connectivity index (χ2n) is 4.12. The third-order valence-corrected chi connectivity index (χ3v) is 4.69. The lowest BCUT2D eigenvalue weighted by molar-refractivity contribution is 0.100. The molecule has 0 bridgehead atoms. The number of nitrogen functional groups attached to an aromatic ring is 1. The molecule has 2 aromatic carbocycles. The molecule has 4 N–H and O–H groups in total. The highest BCUT2D eigenvalue weighted by Crippen LogP contribution is 2.35. The van der Waals surface area contributed by atoms with Crippen LogP contribution >= 0.6 is 35.0 Å². The van der Waals surface area contributed by atoms with Gasteiger partial charge in [-0.2, -0.15) is 0 Å². The van der Waals surface area contributed by atoms with E-state index in [-0.39, 0.29) is 0 Å². The van der Waals surface area contributed by atoms with Gasteiger partial charge in [-0.1, -0.05) is 35.3 Å². The summed E-state index contributed by atoms with van der Waals surface area (Å²) in [6.45, 7) is 0. The van der Waals surface area contributed by atoms with Gasteiger partial charge in [0.1, 0.15) is 0 Å². The molecule has 0 spiro atoms. The lowest BCUT2D eigenvalue weighted by Gasteiger charge is -2.09. The third kappa shape index (κ3) is 3.39. The van der Waals surface area contributed by atoms with Crippen LogP contribution in [0.15, 0.2) is 41.3 Å². The summed E-state index contributed by atoms with van der Waals surface area (Å²) in [5.41, 5.74) is 13.0. The standard InChI is InChI=1S/C14H12Cl2N2OS/c15-10-2-1-3-12(17)13(10)20-7-9-5-4-8(14(18)19)6-11(9)16/h1-6H,7,17H2,(H2,18,19). The van der Waals surface area contributed by atoms with Crippen molar-refractivity contribution in [1.29, 1.82) is 0 Å². The van der Waals surface area contributed by atoms with E-state index in [0.29, 0.717) is 27.0 Å². The number of nitrogens with two attached hydrogens (primary N) is 2. The van der Waals surface area contributed by atoms with E-state index in [1.54, 1.807) is 36.4 Å². The van der Waals surface area contributed by atoms with Gasteiger partial charge in [-0.3, -0.25) is 4.79 Å². The van der Waals surface area contributed by atoms with Crippen molar-refractivity contribution in [3.8, 4) is 0 Å². The van der Waals surface area contributed by atoms with Crippen LogP contribution in [0.5, 0.6) is 0 Å². The summed E-state index contributed by atoms with van der Waals surface area (Å²) in [5, 5.41) is 1.11. The summed E-state index contributed by atoms with van der Waals surface area (Å²) in [5.74, 6) is 0.104. The van der Waals surface area contributed by atoms with Gasteiger partial charge in [0.15, 0.2) is 0 Å². The number of amides is 1. The maximum absolute atomic E-state index is 11.1. The van der Waals surface area contributed by atoms with Crippen LogP contribution in [0.2, 0.25) is 10.0 Å². The summed E-state index contributed by atoms with van der Waals surface area (Å²) in [6, 6.07) is 10.4. The van der Waals surface area contributed by atoms with E-state index in [9.17, 15) is 4.79 Å². The molecule has 2 aromatic rings. The molecule has 1 amide bonds. The summed E-state index contributed by atoms with van der Waals surface area (Å²) >= 11 is 13.7. The molecule has 0 aliphatic rings. The molecule has 0 saturated heterocycles. The maximum Gasteiger partial charge on any atom is 0.248 e. The first kappa shape index (κ1) is 15.0. The number of carbonyl (C=O) groups excluding carboxylic acids is 1. The Hall–Kier alpha value is -1.36. The molecular formula is C14H12Cl2N2OS. The van der Waals surface area contributed by atoms with Gasteiger partial charge in [0, 0.05) is 26.9 Å². The van der Waals surface area contributed by atoms with Crippen molar-refractivity contribution in [2.75, 3.05) is 5.73 Å². The SMILES string of the molecule is NC(=O)c1ccc(CSc2c(N)cccc2Cl)c(Cl)c1. The number of benzene rings is 2. The Morgan fingerprint density at radius 3 is 2.50 bits per heavy atom. The summed E-state index contributed by atoms with van der Waals surface area (Å²) in [7, 11) is 0. The van der Waals surface area contributed by atoms with Crippen molar-refractivity contribution in [3.05, 3.63) is 57.6 Å². The van der Waals surface area contributed by atoms with Crippen molar-refractivity contribution in [1.82, 2.24) is 0 Å². The molecule has 0 aromatic heterocycles. The zero-order chi connectivity index (χ0) is 14.7. The zero-order valence-electron chi connectivity index (χ0n) is 10.4. The first-order chi connectivity index (χ1) is 9.49. The van der Waals surface area contributed by atoms with Crippen molar-refractivity contribution in [3.63, 3.8) is 0 Å². The smallest absolute Gasteiger partial charge is 0.248 e. The quantitative estimate of drug-likeness (QED) is 0.659. The summed E-state index contributed by atoms with van der Waals surface area (Å²) in [4.78, 5) is 11.9. The van der Waals surface area contributed by atoms with Gasteiger partial charge in [-0.15, -0.1) is 11.8 Å². The van der Waals surface area contributed by atoms with Crippen LogP contribution in [0, 0.1) is 0 Å². The molecule has 20 heavy (non-hydrogen) atoms. The number of carbonyl (C=O) groups is 1. The maximum atomic E-state index is 11.1. The van der Waals surface area contributed by atoms with Crippen LogP contribution in [-0.2, 0) is 5.75 Å². The molecule has 0 unspecified atom stereocenters. The molecule has 3 nitrogen and oxygen atoms in total. The van der Waals surface area contributed by atoms with Gasteiger partial charge in [0.25, 0.3) is 0 Å². The number of primary amides is 1. The normalized spacial score (nSPS) is 10.5. The third-order valence-electron chi connectivity index (χ3n) is 2.71. The minimum absolute atomic E-state index is 0.390. The van der Waals surface area contributed by atoms with Gasteiger partial charge in [-0.05, 0) is 29.8 Å². The van der Waals surface area contributed by atoms with Gasteiger partial charge >= 0.3 is 0 Å². The first-order valence-corrected chi connectivity index (χ1v) is 7.48. The van der Waals surface area contributed by atoms with Gasteiger partial charge in [0.2, 0.25) is 5.91 Å². The zero-order valence-corrected chi connectivity index (χ0v) is 12.7. The van der Waals surface area contributed by atoms with Gasteiger partial charge in [0.05, 0.1) is 5.02 Å². The lowest BCUT2D eigenvalue weighted by Crippen LogP contribution is -2.10. The summed E-state index contributed by atoms with van der Waals surface area (Å²) < 4.78 is 0. The summed E-state index contributed by atoms with van der Waals surface area (Å²) in [6.07, 6.45) is 0. The fourth-order valence-corrected chi connectivity index (χ4v) is 3.31. The molecular weight excluding hydrogens is 315 g/mol. The Morgan fingerprint density at radius 2 is 1.90 bits per heavy atom. The number of halogens is 2. The minimum atomic E-state index is -0.499. The Labute approximate surface area is 131 Å². The number of hydrogen-bond donors (Lipinski definition) is 2. The Balaban J connectivity index is 2.17. The molecule has 0 fully saturated rings. The van der Waals surface area contributed by atoms with E-state index < -0.39 is 5.91 Å². The second kappa shape index (κ2) is 6.39. The van der Waals surface area contributed by atoms with Crippen molar-refractivity contribution in [2.45, 2.75) is 10.6 Å². The minimum Gasteiger partial charge on any atom is -0.398 e. The number of hydrogen-bond acceptors (Lipinski definition) is 3. The van der Waals surface area contributed by atoms with E-state index in [0.717, 1.165) is 10.5 Å². The Kier molecular flexibility index (Phi) is 4.81. The molecule has 0 radical (unpaired) electrons. The van der Waals surface area contributed by atoms with Gasteiger partial charge in [-0.25, -0.2) is 0 Å². The van der Waals surface area contributed by atoms with Crippen LogP contribution in [0.1, 0.15) is 15.9 Å². The molecule has 2 rings (SSSR count). The van der Waals surface area contributed by atoms with Crippen molar-refractivity contribution < 1.29 is 4.79 Å². The van der Waals surface area contributed by atoms with E-state index in [4.69, 9.17) is 34.7 Å². The van der Waals surface area contributed by atoms with Crippen LogP contribution in [-0.4, -0.2) is 5.91 Å². The molecule has 6 heteroatoms. The number of thioether (sulfide) groups is 1.